The molecule has 0 saturated carbocycles. The van der Waals surface area contributed by atoms with E-state index in [1.807, 2.05) is 0 Å². The van der Waals surface area contributed by atoms with Gasteiger partial charge in [0.2, 0.25) is 0 Å². The molecule has 80 valence electrons. The number of aryl methyl sites for hydroxylation is 1. The van der Waals surface area contributed by atoms with Crippen molar-refractivity contribution in [2.24, 2.45) is 0 Å². The number of hydrogen-bond donors (Lipinski definition) is 0. The summed E-state index contributed by atoms with van der Waals surface area (Å²) in [6, 6.07) is 9.30. The van der Waals surface area contributed by atoms with Crippen LogP contribution in [0.2, 0.25) is 0 Å². The van der Waals surface area contributed by atoms with E-state index in [1.54, 1.807) is 3.57 Å². The van der Waals surface area contributed by atoms with Gasteiger partial charge in [-0.3, -0.25) is 0 Å². The van der Waals surface area contributed by atoms with E-state index in [9.17, 15) is 0 Å². The number of halogens is 1. The van der Waals surface area contributed by atoms with E-state index < -0.39 is 0 Å². The summed E-state index contributed by atoms with van der Waals surface area (Å²) in [5, 5.41) is 0. The third-order valence-electron chi connectivity index (χ3n) is 2.19. The third kappa shape index (κ3) is 4.45. The second-order valence-electron chi connectivity index (χ2n) is 3.55. The second kappa shape index (κ2) is 7.27. The van der Waals surface area contributed by atoms with Crippen molar-refractivity contribution in [1.29, 1.82) is 0 Å². The molecular weight excluding hydrogens is 283 g/mol. The molecule has 0 unspecified atom stereocenters. The summed E-state index contributed by atoms with van der Waals surface area (Å²) in [7, 11) is 0. The van der Waals surface area contributed by atoms with Gasteiger partial charge in [0.25, 0.3) is 0 Å². The molecule has 0 N–H and O–H groups in total. The third-order valence-corrected chi connectivity index (χ3v) is 5.09. The summed E-state index contributed by atoms with van der Waals surface area (Å²) < 4.78 is 3.06. The Morgan fingerprint density at radius 1 is 1.00 bits per heavy atom. The van der Waals surface area contributed by atoms with Gasteiger partial charge in [0.15, 0.2) is 0 Å². The van der Waals surface area contributed by atoms with Crippen molar-refractivity contribution >= 4 is 0 Å². The molecule has 0 aliphatic rings. The predicted molar refractivity (Wildman–Crippen MR) is 58.9 cm³/mol. The Hall–Kier alpha value is -0.0500. The molecule has 0 nitrogen and oxygen atoms in total. The Labute approximate surface area is 98.4 Å². The van der Waals surface area contributed by atoms with Gasteiger partial charge in [0, 0.05) is 0 Å². The molecular formula is C13H20I-. The minimum atomic E-state index is 0.298. The summed E-state index contributed by atoms with van der Waals surface area (Å²) in [5.41, 5.74) is 1.50. The molecule has 0 atom stereocenters. The minimum absolute atomic E-state index is 0.298. The topological polar surface area (TPSA) is 0 Å². The van der Waals surface area contributed by atoms with Crippen LogP contribution in [0.15, 0.2) is 24.3 Å². The molecule has 0 amide bonds. The average molecular weight is 303 g/mol. The van der Waals surface area contributed by atoms with E-state index in [4.69, 9.17) is 0 Å². The van der Waals surface area contributed by atoms with Crippen molar-refractivity contribution < 1.29 is 21.2 Å². The van der Waals surface area contributed by atoms with Crippen LogP contribution in [0.1, 0.15) is 38.7 Å². The number of benzene rings is 1. The fourth-order valence-electron chi connectivity index (χ4n) is 1.34. The van der Waals surface area contributed by atoms with Crippen LogP contribution < -0.4 is 21.2 Å². The van der Waals surface area contributed by atoms with Gasteiger partial charge in [-0.25, -0.2) is 0 Å². The van der Waals surface area contributed by atoms with Crippen LogP contribution >= 0.6 is 0 Å². The molecule has 0 radical (unpaired) electrons. The van der Waals surface area contributed by atoms with Crippen molar-refractivity contribution in [1.82, 2.24) is 0 Å². The molecule has 0 aliphatic heterocycles. The van der Waals surface area contributed by atoms with E-state index in [-0.39, 0.29) is 0 Å². The Bertz CT molecular complexity index is 238. The normalized spacial score (nSPS) is 10.7. The summed E-state index contributed by atoms with van der Waals surface area (Å²) in [6.45, 7) is 4.51. The van der Waals surface area contributed by atoms with Crippen molar-refractivity contribution in [2.75, 3.05) is 4.43 Å². The molecule has 0 spiro atoms. The van der Waals surface area contributed by atoms with Crippen LogP contribution in [0.25, 0.3) is 0 Å². The first-order chi connectivity index (χ1) is 6.86. The van der Waals surface area contributed by atoms with Gasteiger partial charge in [-0.15, -0.1) is 0 Å². The van der Waals surface area contributed by atoms with Crippen molar-refractivity contribution in [2.45, 2.75) is 39.5 Å². The average Bonchev–Trinajstić information content (AvgIpc) is 2.21. The quantitative estimate of drug-likeness (QED) is 0.412. The summed E-state index contributed by atoms with van der Waals surface area (Å²) in [6.07, 6.45) is 5.23. The number of alkyl halides is 1. The zero-order valence-corrected chi connectivity index (χ0v) is 11.4. The number of hydrogen-bond acceptors (Lipinski definition) is 0. The molecule has 14 heavy (non-hydrogen) atoms. The molecule has 1 aromatic rings. The maximum atomic E-state index is 2.34. The summed E-state index contributed by atoms with van der Waals surface area (Å²) in [5.74, 6) is 0. The molecule has 1 aromatic carbocycles. The van der Waals surface area contributed by atoms with Gasteiger partial charge in [-0.05, 0) is 0 Å². The zero-order chi connectivity index (χ0) is 10.2. The van der Waals surface area contributed by atoms with E-state index >= 15 is 0 Å². The molecule has 0 aromatic heterocycles. The summed E-state index contributed by atoms with van der Waals surface area (Å²) >= 11 is 0.298. The molecule has 0 fully saturated rings. The van der Waals surface area contributed by atoms with Crippen molar-refractivity contribution in [3.63, 3.8) is 0 Å². The first-order valence-corrected chi connectivity index (χ1v) is 8.15. The molecule has 1 rings (SSSR count). The first-order valence-electron chi connectivity index (χ1n) is 5.55. The van der Waals surface area contributed by atoms with Gasteiger partial charge in [0.1, 0.15) is 0 Å². The fourth-order valence-corrected chi connectivity index (χ4v) is 3.97. The Morgan fingerprint density at radius 3 is 2.29 bits per heavy atom. The zero-order valence-electron chi connectivity index (χ0n) is 9.22. The van der Waals surface area contributed by atoms with E-state index in [1.165, 1.54) is 35.7 Å². The monoisotopic (exact) mass is 303 g/mol. The van der Waals surface area contributed by atoms with E-state index in [0.29, 0.717) is 21.2 Å². The van der Waals surface area contributed by atoms with Crippen LogP contribution in [0.3, 0.4) is 0 Å². The number of unbranched alkanes of at least 4 members (excludes halogenated alkanes) is 1. The van der Waals surface area contributed by atoms with Crippen molar-refractivity contribution in [3.05, 3.63) is 33.4 Å². The molecule has 0 aliphatic carbocycles. The van der Waals surface area contributed by atoms with Gasteiger partial charge in [-0.1, -0.05) is 0 Å². The van der Waals surface area contributed by atoms with Gasteiger partial charge in [-0.2, -0.15) is 0 Å². The van der Waals surface area contributed by atoms with Crippen LogP contribution in [0, 0.1) is 3.57 Å². The van der Waals surface area contributed by atoms with Crippen LogP contribution in [0.5, 0.6) is 0 Å². The standard InChI is InChI=1S/C13H20I/c1-3-5-11-14-13-9-7-12(6-4-2)8-10-13/h7-10H,3-6,11H2,1-2H3/q-1. The first kappa shape index (κ1) is 12.0. The van der Waals surface area contributed by atoms with E-state index in [0.717, 1.165) is 0 Å². The van der Waals surface area contributed by atoms with Crippen LogP contribution in [-0.4, -0.2) is 4.43 Å². The SMILES string of the molecule is CCCC[I-]c1ccc(CCC)cc1. The van der Waals surface area contributed by atoms with Crippen molar-refractivity contribution in [3.8, 4) is 0 Å². The maximum absolute atomic E-state index is 2.34. The predicted octanol–water partition coefficient (Wildman–Crippen LogP) is 0.698. The van der Waals surface area contributed by atoms with E-state index in [2.05, 4.69) is 38.1 Å². The molecule has 0 bridgehead atoms. The second-order valence-corrected chi connectivity index (χ2v) is 6.64. The Kier molecular flexibility index (Phi) is 6.24. The van der Waals surface area contributed by atoms with Gasteiger partial charge < -0.3 is 0 Å². The molecule has 0 saturated heterocycles. The molecule has 1 heteroatoms. The van der Waals surface area contributed by atoms with Gasteiger partial charge >= 0.3 is 98.6 Å². The fraction of sp³-hybridized carbons (Fsp3) is 0.538. The van der Waals surface area contributed by atoms with Gasteiger partial charge in [0.05, 0.1) is 0 Å². The van der Waals surface area contributed by atoms with Crippen LogP contribution in [-0.2, 0) is 6.42 Å². The number of rotatable bonds is 6. The molecule has 0 heterocycles. The Morgan fingerprint density at radius 2 is 1.71 bits per heavy atom. The van der Waals surface area contributed by atoms with Crippen LogP contribution in [0.4, 0.5) is 0 Å². The summed E-state index contributed by atoms with van der Waals surface area (Å²) in [4.78, 5) is 0. The Balaban J connectivity index is 2.38.